The van der Waals surface area contributed by atoms with E-state index in [2.05, 4.69) is 20.4 Å². The van der Waals surface area contributed by atoms with Crippen LogP contribution in [0.2, 0.25) is 0 Å². The van der Waals surface area contributed by atoms with E-state index in [1.807, 2.05) is 35.0 Å². The number of hydrogen-bond acceptors (Lipinski definition) is 5. The van der Waals surface area contributed by atoms with Crippen molar-refractivity contribution in [1.29, 1.82) is 0 Å². The van der Waals surface area contributed by atoms with Crippen LogP contribution in [0.25, 0.3) is 5.69 Å². The first-order valence-electron chi connectivity index (χ1n) is 7.03. The predicted octanol–water partition coefficient (Wildman–Crippen LogP) is 1.28. The third-order valence-electron chi connectivity index (χ3n) is 4.36. The number of para-hydroxylation sites is 1. The summed E-state index contributed by atoms with van der Waals surface area (Å²) >= 11 is 0. The van der Waals surface area contributed by atoms with Crippen molar-refractivity contribution < 1.29 is 4.74 Å². The second kappa shape index (κ2) is 4.56. The van der Waals surface area contributed by atoms with Crippen molar-refractivity contribution in [3.8, 4) is 5.69 Å². The SMILES string of the molecule is c1ccc(-n2nnnc2N2CC[C@]3(CCOC3)C2)cc1. The van der Waals surface area contributed by atoms with E-state index in [0.717, 1.165) is 50.8 Å². The molecule has 0 N–H and O–H groups in total. The van der Waals surface area contributed by atoms with Crippen LogP contribution in [0.3, 0.4) is 0 Å². The standard InChI is InChI=1S/C14H17N5O/c1-2-4-12(5-3-1)19-13(15-16-17-19)18-8-6-14(10-18)7-9-20-11-14/h1-5H,6-11H2/t14-/m0/s1. The summed E-state index contributed by atoms with van der Waals surface area (Å²) < 4.78 is 7.39. The molecule has 4 rings (SSSR count). The summed E-state index contributed by atoms with van der Waals surface area (Å²) in [5.41, 5.74) is 1.31. The van der Waals surface area contributed by atoms with Crippen LogP contribution in [0.15, 0.2) is 30.3 Å². The third kappa shape index (κ3) is 1.87. The maximum atomic E-state index is 5.58. The molecule has 1 spiro atoms. The molecule has 1 aromatic carbocycles. The van der Waals surface area contributed by atoms with E-state index in [-0.39, 0.29) is 0 Å². The van der Waals surface area contributed by atoms with Crippen molar-refractivity contribution in [1.82, 2.24) is 20.2 Å². The van der Waals surface area contributed by atoms with E-state index in [4.69, 9.17) is 4.74 Å². The lowest BCUT2D eigenvalue weighted by Gasteiger charge is -2.22. The van der Waals surface area contributed by atoms with Gasteiger partial charge in [-0.1, -0.05) is 23.3 Å². The molecule has 1 atom stereocenters. The summed E-state index contributed by atoms with van der Waals surface area (Å²) in [6.45, 7) is 3.74. The fourth-order valence-corrected chi connectivity index (χ4v) is 3.19. The van der Waals surface area contributed by atoms with Crippen molar-refractivity contribution in [3.63, 3.8) is 0 Å². The Balaban J connectivity index is 1.63. The summed E-state index contributed by atoms with van der Waals surface area (Å²) in [6, 6.07) is 10.0. The van der Waals surface area contributed by atoms with E-state index >= 15 is 0 Å². The zero-order valence-corrected chi connectivity index (χ0v) is 11.3. The Morgan fingerprint density at radius 2 is 2.05 bits per heavy atom. The van der Waals surface area contributed by atoms with Gasteiger partial charge in [0, 0.05) is 25.1 Å². The highest BCUT2D eigenvalue weighted by Crippen LogP contribution is 2.39. The first-order chi connectivity index (χ1) is 9.86. The largest absolute Gasteiger partial charge is 0.381 e. The van der Waals surface area contributed by atoms with Crippen LogP contribution in [-0.4, -0.2) is 46.5 Å². The average molecular weight is 271 g/mol. The molecule has 20 heavy (non-hydrogen) atoms. The first-order valence-corrected chi connectivity index (χ1v) is 7.03. The van der Waals surface area contributed by atoms with Gasteiger partial charge >= 0.3 is 0 Å². The molecule has 0 aliphatic carbocycles. The predicted molar refractivity (Wildman–Crippen MR) is 73.9 cm³/mol. The monoisotopic (exact) mass is 271 g/mol. The van der Waals surface area contributed by atoms with Gasteiger partial charge in [0.15, 0.2) is 0 Å². The van der Waals surface area contributed by atoms with Crippen LogP contribution in [-0.2, 0) is 4.74 Å². The van der Waals surface area contributed by atoms with Crippen LogP contribution in [0, 0.1) is 5.41 Å². The molecule has 6 nitrogen and oxygen atoms in total. The second-order valence-electron chi connectivity index (χ2n) is 5.70. The number of ether oxygens (including phenoxy) is 1. The number of hydrogen-bond donors (Lipinski definition) is 0. The van der Waals surface area contributed by atoms with Gasteiger partial charge in [-0.25, -0.2) is 0 Å². The van der Waals surface area contributed by atoms with Gasteiger partial charge in [0.05, 0.1) is 12.3 Å². The number of anilines is 1. The molecular formula is C14H17N5O. The van der Waals surface area contributed by atoms with Crippen molar-refractivity contribution in [2.24, 2.45) is 5.41 Å². The maximum Gasteiger partial charge on any atom is 0.250 e. The highest BCUT2D eigenvalue weighted by molar-refractivity contribution is 5.41. The molecule has 2 aliphatic heterocycles. The molecule has 2 fully saturated rings. The summed E-state index contributed by atoms with van der Waals surface area (Å²) in [5.74, 6) is 0.833. The van der Waals surface area contributed by atoms with Gasteiger partial charge in [0.25, 0.3) is 0 Å². The number of rotatable bonds is 2. The summed E-state index contributed by atoms with van der Waals surface area (Å²) in [4.78, 5) is 2.28. The Hall–Kier alpha value is -1.95. The molecule has 104 valence electrons. The van der Waals surface area contributed by atoms with Crippen LogP contribution in [0.1, 0.15) is 12.8 Å². The van der Waals surface area contributed by atoms with Gasteiger partial charge in [-0.15, -0.1) is 0 Å². The van der Waals surface area contributed by atoms with Gasteiger partial charge in [-0.2, -0.15) is 4.68 Å². The smallest absolute Gasteiger partial charge is 0.250 e. The summed E-state index contributed by atoms with van der Waals surface area (Å²) in [6.07, 6.45) is 2.31. The molecule has 2 aliphatic rings. The fraction of sp³-hybridized carbons (Fsp3) is 0.500. The minimum atomic E-state index is 0.313. The topological polar surface area (TPSA) is 56.1 Å². The van der Waals surface area contributed by atoms with Gasteiger partial charge < -0.3 is 9.64 Å². The molecule has 0 saturated carbocycles. The fourth-order valence-electron chi connectivity index (χ4n) is 3.19. The van der Waals surface area contributed by atoms with Crippen LogP contribution in [0.5, 0.6) is 0 Å². The Kier molecular flexibility index (Phi) is 2.70. The summed E-state index contributed by atoms with van der Waals surface area (Å²) in [5, 5.41) is 12.2. The molecule has 0 amide bonds. The van der Waals surface area contributed by atoms with E-state index < -0.39 is 0 Å². The van der Waals surface area contributed by atoms with Crippen LogP contribution in [0.4, 0.5) is 5.95 Å². The number of benzene rings is 1. The van der Waals surface area contributed by atoms with Gasteiger partial charge in [-0.05, 0) is 35.4 Å². The maximum absolute atomic E-state index is 5.58. The first kappa shape index (κ1) is 11.8. The van der Waals surface area contributed by atoms with Gasteiger partial charge in [0.2, 0.25) is 5.95 Å². The number of tetrazole rings is 1. The molecule has 0 bridgehead atoms. The lowest BCUT2D eigenvalue weighted by molar-refractivity contribution is 0.160. The summed E-state index contributed by atoms with van der Waals surface area (Å²) in [7, 11) is 0. The Bertz CT molecular complexity index is 591. The quantitative estimate of drug-likeness (QED) is 0.823. The van der Waals surface area contributed by atoms with Crippen molar-refractivity contribution in [2.75, 3.05) is 31.2 Å². The normalized spacial score (nSPS) is 25.7. The highest BCUT2D eigenvalue weighted by Gasteiger charge is 2.42. The van der Waals surface area contributed by atoms with Crippen LogP contribution >= 0.6 is 0 Å². The third-order valence-corrected chi connectivity index (χ3v) is 4.36. The van der Waals surface area contributed by atoms with E-state index in [9.17, 15) is 0 Å². The van der Waals surface area contributed by atoms with Crippen LogP contribution < -0.4 is 4.90 Å². The Morgan fingerprint density at radius 1 is 1.15 bits per heavy atom. The molecular weight excluding hydrogens is 254 g/mol. The number of nitrogens with zero attached hydrogens (tertiary/aromatic N) is 5. The van der Waals surface area contributed by atoms with Gasteiger partial charge in [0.1, 0.15) is 0 Å². The lowest BCUT2D eigenvalue weighted by Crippen LogP contribution is -2.29. The van der Waals surface area contributed by atoms with E-state index in [1.165, 1.54) is 0 Å². The zero-order valence-electron chi connectivity index (χ0n) is 11.3. The molecule has 3 heterocycles. The minimum Gasteiger partial charge on any atom is -0.381 e. The van der Waals surface area contributed by atoms with Crippen molar-refractivity contribution in [3.05, 3.63) is 30.3 Å². The molecule has 2 aromatic rings. The minimum absolute atomic E-state index is 0.313. The average Bonchev–Trinajstić information content (AvgIpc) is 3.22. The van der Waals surface area contributed by atoms with Gasteiger partial charge in [-0.3, -0.25) is 0 Å². The van der Waals surface area contributed by atoms with Crippen molar-refractivity contribution >= 4 is 5.95 Å². The molecule has 0 radical (unpaired) electrons. The zero-order chi connectivity index (χ0) is 13.4. The van der Waals surface area contributed by atoms with Crippen molar-refractivity contribution in [2.45, 2.75) is 12.8 Å². The van der Waals surface area contributed by atoms with E-state index in [0.29, 0.717) is 5.41 Å². The lowest BCUT2D eigenvalue weighted by atomic mass is 9.87. The Labute approximate surface area is 117 Å². The molecule has 0 unspecified atom stereocenters. The van der Waals surface area contributed by atoms with E-state index in [1.54, 1.807) is 0 Å². The number of aromatic nitrogens is 4. The highest BCUT2D eigenvalue weighted by atomic mass is 16.5. The molecule has 1 aromatic heterocycles. The second-order valence-corrected chi connectivity index (χ2v) is 5.70. The molecule has 2 saturated heterocycles. The Morgan fingerprint density at radius 3 is 2.85 bits per heavy atom. The molecule has 6 heteroatoms.